The molecule has 0 saturated carbocycles. The number of rotatable bonds is 8. The predicted molar refractivity (Wildman–Crippen MR) is 119 cm³/mol. The maximum Gasteiger partial charge on any atom is 0.255 e. The molecule has 0 aliphatic rings. The molecule has 0 unspecified atom stereocenters. The van der Waals surface area contributed by atoms with Gasteiger partial charge in [-0.15, -0.1) is 0 Å². The van der Waals surface area contributed by atoms with Crippen LogP contribution >= 0.6 is 0 Å². The number of aromatic hydroxyl groups is 1. The summed E-state index contributed by atoms with van der Waals surface area (Å²) in [6, 6.07) is 23.5. The lowest BCUT2D eigenvalue weighted by Crippen LogP contribution is -2.24. The summed E-state index contributed by atoms with van der Waals surface area (Å²) in [4.78, 5) is 12.1. The number of benzene rings is 3. The Kier molecular flexibility index (Phi) is 6.09. The fourth-order valence-corrected chi connectivity index (χ4v) is 3.63. The van der Waals surface area contributed by atoms with Gasteiger partial charge in [0.15, 0.2) is 0 Å². The number of hydrogen-bond donors (Lipinski definition) is 3. The van der Waals surface area contributed by atoms with Crippen LogP contribution in [0.25, 0.3) is 10.9 Å². The molecular formula is C25H25N3O2. The number of aryl methyl sites for hydroxylation is 1. The van der Waals surface area contributed by atoms with E-state index in [4.69, 9.17) is 0 Å². The quantitative estimate of drug-likeness (QED) is 0.379. The van der Waals surface area contributed by atoms with Crippen LogP contribution < -0.4 is 5.32 Å². The van der Waals surface area contributed by atoms with Gasteiger partial charge in [0, 0.05) is 17.6 Å². The molecule has 0 saturated heterocycles. The Hall–Kier alpha value is -3.60. The number of aromatic amines is 1. The lowest BCUT2D eigenvalue weighted by Gasteiger charge is -2.06. The highest BCUT2D eigenvalue weighted by Crippen LogP contribution is 2.21. The van der Waals surface area contributed by atoms with Crippen LogP contribution in [0.5, 0.6) is 5.75 Å². The second-order valence-electron chi connectivity index (χ2n) is 7.45. The van der Waals surface area contributed by atoms with E-state index in [-0.39, 0.29) is 11.7 Å². The summed E-state index contributed by atoms with van der Waals surface area (Å²) < 4.78 is 0. The van der Waals surface area contributed by atoms with Crippen LogP contribution in [0.1, 0.15) is 40.0 Å². The average Bonchev–Trinajstić information content (AvgIpc) is 3.16. The lowest BCUT2D eigenvalue weighted by atomic mass is 10.0. The molecule has 4 rings (SSSR count). The second-order valence-corrected chi connectivity index (χ2v) is 7.45. The van der Waals surface area contributed by atoms with Crippen LogP contribution in [-0.4, -0.2) is 27.8 Å². The van der Waals surface area contributed by atoms with E-state index >= 15 is 0 Å². The SMILES string of the molecule is O=C(NCCCCc1[nH]nc2cc(Cc3ccccc3)ccc12)c1ccccc1O. The van der Waals surface area contributed by atoms with E-state index in [1.807, 2.05) is 6.07 Å². The van der Waals surface area contributed by atoms with Crippen molar-refractivity contribution in [1.82, 2.24) is 15.5 Å². The van der Waals surface area contributed by atoms with Crippen LogP contribution in [0.2, 0.25) is 0 Å². The van der Waals surface area contributed by atoms with Crippen molar-refractivity contribution in [2.75, 3.05) is 6.54 Å². The lowest BCUT2D eigenvalue weighted by molar-refractivity contribution is 0.0950. The van der Waals surface area contributed by atoms with Crippen molar-refractivity contribution in [2.45, 2.75) is 25.7 Å². The molecule has 3 N–H and O–H groups in total. The highest BCUT2D eigenvalue weighted by molar-refractivity contribution is 5.96. The molecule has 1 amide bonds. The first kappa shape index (κ1) is 19.7. The van der Waals surface area contributed by atoms with Crippen molar-refractivity contribution in [1.29, 1.82) is 0 Å². The number of unbranched alkanes of at least 4 members (excludes halogenated alkanes) is 1. The molecule has 1 aromatic heterocycles. The molecule has 1 heterocycles. The number of nitrogens with zero attached hydrogens (tertiary/aromatic N) is 1. The minimum absolute atomic E-state index is 0.00515. The Morgan fingerprint density at radius 2 is 1.73 bits per heavy atom. The highest BCUT2D eigenvalue weighted by Gasteiger charge is 2.10. The van der Waals surface area contributed by atoms with Gasteiger partial charge in [-0.2, -0.15) is 5.10 Å². The second kappa shape index (κ2) is 9.27. The summed E-state index contributed by atoms with van der Waals surface area (Å²) in [5.74, 6) is -0.239. The monoisotopic (exact) mass is 399 g/mol. The summed E-state index contributed by atoms with van der Waals surface area (Å²) in [6.07, 6.45) is 3.56. The van der Waals surface area contributed by atoms with Gasteiger partial charge in [0.05, 0.1) is 11.1 Å². The van der Waals surface area contributed by atoms with Crippen molar-refractivity contribution in [3.63, 3.8) is 0 Å². The number of para-hydroxylation sites is 1. The maximum absolute atomic E-state index is 12.1. The standard InChI is InChI=1S/C25H25N3O2/c29-24-12-5-4-10-21(24)25(30)26-15-7-6-11-22-20-14-13-19(17-23(20)28-27-22)16-18-8-2-1-3-9-18/h1-5,8-10,12-14,17,29H,6-7,11,15-16H2,(H,26,30)(H,27,28). The van der Waals surface area contributed by atoms with Crippen molar-refractivity contribution in [3.8, 4) is 5.75 Å². The number of aromatic nitrogens is 2. The number of nitrogens with one attached hydrogen (secondary N) is 2. The van der Waals surface area contributed by atoms with Crippen LogP contribution in [0, 0.1) is 0 Å². The molecule has 3 aromatic carbocycles. The number of fused-ring (bicyclic) bond motifs is 1. The Morgan fingerprint density at radius 3 is 2.57 bits per heavy atom. The van der Waals surface area contributed by atoms with Crippen molar-refractivity contribution in [3.05, 3.63) is 95.2 Å². The molecule has 0 radical (unpaired) electrons. The molecule has 152 valence electrons. The number of phenols is 1. The molecule has 0 fully saturated rings. The first-order valence-corrected chi connectivity index (χ1v) is 10.3. The summed E-state index contributed by atoms with van der Waals surface area (Å²) >= 11 is 0. The Balaban J connectivity index is 1.28. The zero-order valence-corrected chi connectivity index (χ0v) is 16.8. The Labute approximate surface area is 175 Å². The highest BCUT2D eigenvalue weighted by atomic mass is 16.3. The van der Waals surface area contributed by atoms with Crippen molar-refractivity contribution in [2.24, 2.45) is 0 Å². The van der Waals surface area contributed by atoms with E-state index in [9.17, 15) is 9.90 Å². The van der Waals surface area contributed by atoms with Crippen LogP contribution in [0.3, 0.4) is 0 Å². The number of hydrogen-bond acceptors (Lipinski definition) is 3. The molecule has 5 heteroatoms. The van der Waals surface area contributed by atoms with Gasteiger partial charge in [-0.05, 0) is 55.0 Å². The third-order valence-electron chi connectivity index (χ3n) is 5.24. The third kappa shape index (κ3) is 4.69. The zero-order chi connectivity index (χ0) is 20.8. The van der Waals surface area contributed by atoms with E-state index in [0.29, 0.717) is 12.1 Å². The zero-order valence-electron chi connectivity index (χ0n) is 16.8. The van der Waals surface area contributed by atoms with E-state index < -0.39 is 0 Å². The third-order valence-corrected chi connectivity index (χ3v) is 5.24. The molecule has 5 nitrogen and oxygen atoms in total. The number of amides is 1. The molecule has 0 atom stereocenters. The average molecular weight is 399 g/mol. The van der Waals surface area contributed by atoms with Crippen LogP contribution in [-0.2, 0) is 12.8 Å². The van der Waals surface area contributed by atoms with Gasteiger partial charge in [0.2, 0.25) is 0 Å². The normalized spacial score (nSPS) is 10.9. The molecule has 4 aromatic rings. The summed E-state index contributed by atoms with van der Waals surface area (Å²) in [5, 5.41) is 21.4. The molecular weight excluding hydrogens is 374 g/mol. The van der Waals surface area contributed by atoms with E-state index in [1.165, 1.54) is 17.2 Å². The topological polar surface area (TPSA) is 78.0 Å². The molecule has 30 heavy (non-hydrogen) atoms. The fourth-order valence-electron chi connectivity index (χ4n) is 3.63. The van der Waals surface area contributed by atoms with Gasteiger partial charge < -0.3 is 10.4 Å². The smallest absolute Gasteiger partial charge is 0.255 e. The number of H-pyrrole nitrogens is 1. The predicted octanol–water partition coefficient (Wildman–Crippen LogP) is 4.61. The van der Waals surface area contributed by atoms with Gasteiger partial charge in [-0.1, -0.05) is 54.6 Å². The first-order chi connectivity index (χ1) is 14.7. The Morgan fingerprint density at radius 1 is 0.933 bits per heavy atom. The molecule has 0 bridgehead atoms. The van der Waals surface area contributed by atoms with E-state index in [1.54, 1.807) is 18.2 Å². The molecule has 0 aliphatic carbocycles. The van der Waals surface area contributed by atoms with E-state index in [0.717, 1.165) is 42.3 Å². The summed E-state index contributed by atoms with van der Waals surface area (Å²) in [6.45, 7) is 0.570. The van der Waals surface area contributed by atoms with Gasteiger partial charge in [-0.25, -0.2) is 0 Å². The van der Waals surface area contributed by atoms with Gasteiger partial charge in [0.1, 0.15) is 5.75 Å². The van der Waals surface area contributed by atoms with Crippen LogP contribution in [0.15, 0.2) is 72.8 Å². The van der Waals surface area contributed by atoms with Crippen molar-refractivity contribution >= 4 is 16.8 Å². The summed E-state index contributed by atoms with van der Waals surface area (Å²) in [7, 11) is 0. The fraction of sp³-hybridized carbons (Fsp3) is 0.200. The minimum Gasteiger partial charge on any atom is -0.507 e. The van der Waals surface area contributed by atoms with Gasteiger partial charge in [0.25, 0.3) is 5.91 Å². The largest absolute Gasteiger partial charge is 0.507 e. The van der Waals surface area contributed by atoms with Gasteiger partial charge >= 0.3 is 0 Å². The molecule has 0 aliphatic heterocycles. The number of carbonyl (C=O) groups is 1. The number of carbonyl (C=O) groups excluding carboxylic acids is 1. The number of phenolic OH excluding ortho intramolecular Hbond substituents is 1. The maximum atomic E-state index is 12.1. The first-order valence-electron chi connectivity index (χ1n) is 10.3. The van der Waals surface area contributed by atoms with E-state index in [2.05, 4.69) is 58.0 Å². The Bertz CT molecular complexity index is 1140. The minimum atomic E-state index is -0.244. The summed E-state index contributed by atoms with van der Waals surface area (Å²) in [5.41, 5.74) is 4.97. The van der Waals surface area contributed by atoms with Crippen molar-refractivity contribution < 1.29 is 9.90 Å². The van der Waals surface area contributed by atoms with Gasteiger partial charge in [-0.3, -0.25) is 9.89 Å². The molecule has 0 spiro atoms. The van der Waals surface area contributed by atoms with Crippen LogP contribution in [0.4, 0.5) is 0 Å².